The molecule has 2 aromatic rings. The predicted octanol–water partition coefficient (Wildman–Crippen LogP) is 4.08. The van der Waals surface area contributed by atoms with Crippen LogP contribution in [-0.2, 0) is 0 Å². The zero-order chi connectivity index (χ0) is 16.7. The molecule has 1 heterocycles. The molecule has 0 saturated heterocycles. The lowest BCUT2D eigenvalue weighted by atomic mass is 10.2. The molecule has 0 spiro atoms. The van der Waals surface area contributed by atoms with Gasteiger partial charge in [0.25, 0.3) is 6.17 Å². The summed E-state index contributed by atoms with van der Waals surface area (Å²) in [5.74, 6) is -0.995. The van der Waals surface area contributed by atoms with Crippen molar-refractivity contribution in [3.05, 3.63) is 34.7 Å². The molecule has 120 valence electrons. The maximum absolute atomic E-state index is 13.3. The molecule has 0 fully saturated rings. The molecule has 0 aliphatic carbocycles. The summed E-state index contributed by atoms with van der Waals surface area (Å²) < 4.78 is 80.3. The largest absolute Gasteiger partial charge is 0.506 e. The molecule has 22 heavy (non-hydrogen) atoms. The highest BCUT2D eigenvalue weighted by Crippen LogP contribution is 2.47. The van der Waals surface area contributed by atoms with Crippen LogP contribution in [0.25, 0.3) is 11.0 Å². The standard InChI is InChI=1S/C12H6F6O3S/c13-10(11(14,15)16)12(17,18)22-8-7(19)5-3-1-2-4-6(5)21-9(8)20/h1-4,10,19H/t10-/m0/s1. The average Bonchev–Trinajstić information content (AvgIpc) is 2.41. The topological polar surface area (TPSA) is 50.4 Å². The van der Waals surface area contributed by atoms with Crippen molar-refractivity contribution in [1.29, 1.82) is 0 Å². The van der Waals surface area contributed by atoms with Gasteiger partial charge in [-0.15, -0.1) is 0 Å². The van der Waals surface area contributed by atoms with Crippen LogP contribution in [0.15, 0.2) is 38.4 Å². The van der Waals surface area contributed by atoms with Gasteiger partial charge in [0.15, 0.2) is 0 Å². The summed E-state index contributed by atoms with van der Waals surface area (Å²) >= 11 is -1.04. The minimum Gasteiger partial charge on any atom is -0.506 e. The number of aromatic hydroxyl groups is 1. The Morgan fingerprint density at radius 2 is 1.73 bits per heavy atom. The second-order valence-electron chi connectivity index (χ2n) is 4.13. The number of hydrogen-bond donors (Lipinski definition) is 1. The fraction of sp³-hybridized carbons (Fsp3) is 0.250. The summed E-state index contributed by atoms with van der Waals surface area (Å²) in [6.45, 7) is 0. The number of rotatable bonds is 3. The first-order valence-electron chi connectivity index (χ1n) is 5.56. The molecule has 0 unspecified atom stereocenters. The van der Waals surface area contributed by atoms with Gasteiger partial charge in [-0.3, -0.25) is 0 Å². The second kappa shape index (κ2) is 5.41. The third-order valence-electron chi connectivity index (χ3n) is 2.57. The van der Waals surface area contributed by atoms with Crippen molar-refractivity contribution in [3.63, 3.8) is 0 Å². The molecule has 10 heteroatoms. The van der Waals surface area contributed by atoms with E-state index >= 15 is 0 Å². The molecule has 2 rings (SSSR count). The van der Waals surface area contributed by atoms with Crippen LogP contribution in [0, 0.1) is 0 Å². The van der Waals surface area contributed by atoms with Crippen LogP contribution < -0.4 is 5.63 Å². The molecule has 0 aliphatic rings. The molecule has 0 saturated carbocycles. The number of benzene rings is 1. The highest BCUT2D eigenvalue weighted by Gasteiger charge is 2.58. The van der Waals surface area contributed by atoms with Crippen molar-refractivity contribution in [3.8, 4) is 5.75 Å². The quantitative estimate of drug-likeness (QED) is 0.518. The molecule has 0 amide bonds. The maximum atomic E-state index is 13.3. The Kier molecular flexibility index (Phi) is 4.07. The molecule has 0 bridgehead atoms. The zero-order valence-corrected chi connectivity index (χ0v) is 11.1. The minimum atomic E-state index is -5.82. The highest BCUT2D eigenvalue weighted by atomic mass is 32.2. The molecule has 1 aromatic carbocycles. The van der Waals surface area contributed by atoms with Crippen molar-refractivity contribution in [2.75, 3.05) is 0 Å². The Labute approximate surface area is 122 Å². The van der Waals surface area contributed by atoms with E-state index in [1.807, 2.05) is 0 Å². The number of thioether (sulfide) groups is 1. The van der Waals surface area contributed by atoms with Gasteiger partial charge in [0.1, 0.15) is 16.2 Å². The van der Waals surface area contributed by atoms with E-state index in [1.54, 1.807) is 0 Å². The molecule has 3 nitrogen and oxygen atoms in total. The summed E-state index contributed by atoms with van der Waals surface area (Å²) in [6, 6.07) is 5.25. The molecular formula is C12H6F6O3S. The summed E-state index contributed by atoms with van der Waals surface area (Å²) in [6.07, 6.45) is -10.3. The Bertz CT molecular complexity index is 755. The van der Waals surface area contributed by atoms with E-state index in [-0.39, 0.29) is 11.0 Å². The molecular weight excluding hydrogens is 338 g/mol. The summed E-state index contributed by atoms with van der Waals surface area (Å²) in [4.78, 5) is 10.3. The van der Waals surface area contributed by atoms with Crippen LogP contribution in [0.1, 0.15) is 0 Å². The summed E-state index contributed by atoms with van der Waals surface area (Å²) in [5.41, 5.74) is -1.64. The first-order valence-corrected chi connectivity index (χ1v) is 6.38. The van der Waals surface area contributed by atoms with Crippen LogP contribution in [-0.4, -0.2) is 22.7 Å². The molecule has 1 aromatic heterocycles. The lowest BCUT2D eigenvalue weighted by molar-refractivity contribution is -0.219. The molecule has 0 aliphatic heterocycles. The zero-order valence-electron chi connectivity index (χ0n) is 10.3. The molecule has 1 N–H and O–H groups in total. The van der Waals surface area contributed by atoms with Gasteiger partial charge < -0.3 is 9.52 Å². The monoisotopic (exact) mass is 344 g/mol. The van der Waals surface area contributed by atoms with Gasteiger partial charge in [0, 0.05) is 0 Å². The Hall–Kier alpha value is -1.84. The van der Waals surface area contributed by atoms with E-state index in [0.29, 0.717) is 0 Å². The van der Waals surface area contributed by atoms with Crippen molar-refractivity contribution < 1.29 is 35.9 Å². The van der Waals surface area contributed by atoms with Gasteiger partial charge in [0.05, 0.1) is 5.39 Å². The van der Waals surface area contributed by atoms with Gasteiger partial charge in [-0.05, 0) is 23.9 Å². The maximum Gasteiger partial charge on any atom is 0.426 e. The normalized spacial score (nSPS) is 14.3. The summed E-state index contributed by atoms with van der Waals surface area (Å²) in [7, 11) is 0. The Balaban J connectivity index is 2.50. The van der Waals surface area contributed by atoms with E-state index in [4.69, 9.17) is 0 Å². The van der Waals surface area contributed by atoms with Gasteiger partial charge >= 0.3 is 17.1 Å². The fourth-order valence-electron chi connectivity index (χ4n) is 1.58. The van der Waals surface area contributed by atoms with E-state index in [9.17, 15) is 36.2 Å². The van der Waals surface area contributed by atoms with Gasteiger partial charge in [-0.25, -0.2) is 9.18 Å². The van der Waals surface area contributed by atoms with Crippen LogP contribution in [0.3, 0.4) is 0 Å². The Morgan fingerprint density at radius 1 is 1.14 bits per heavy atom. The van der Waals surface area contributed by atoms with Gasteiger partial charge in [0.2, 0.25) is 0 Å². The lowest BCUT2D eigenvalue weighted by Gasteiger charge is -2.21. The van der Waals surface area contributed by atoms with Crippen molar-refractivity contribution in [2.24, 2.45) is 0 Å². The number of para-hydroxylation sites is 1. The van der Waals surface area contributed by atoms with Crippen LogP contribution >= 0.6 is 11.8 Å². The first kappa shape index (κ1) is 16.5. The number of fused-ring (bicyclic) bond motifs is 1. The molecule has 0 radical (unpaired) electrons. The summed E-state index contributed by atoms with van der Waals surface area (Å²) in [5, 5.41) is 4.59. The fourth-order valence-corrected chi connectivity index (χ4v) is 2.43. The van der Waals surface area contributed by atoms with Crippen LogP contribution in [0.5, 0.6) is 5.75 Å². The van der Waals surface area contributed by atoms with Crippen LogP contribution in [0.4, 0.5) is 26.3 Å². The van der Waals surface area contributed by atoms with Gasteiger partial charge in [-0.2, -0.15) is 22.0 Å². The lowest BCUT2D eigenvalue weighted by Crippen LogP contribution is -2.39. The predicted molar refractivity (Wildman–Crippen MR) is 65.9 cm³/mol. The second-order valence-corrected chi connectivity index (χ2v) is 5.29. The van der Waals surface area contributed by atoms with Crippen molar-refractivity contribution in [2.45, 2.75) is 22.5 Å². The number of hydrogen-bond acceptors (Lipinski definition) is 4. The SMILES string of the molecule is O=c1oc2ccccc2c(O)c1SC(F)(F)[C@@H](F)C(F)(F)F. The highest BCUT2D eigenvalue weighted by molar-refractivity contribution is 8.00. The van der Waals surface area contributed by atoms with Crippen LogP contribution in [0.2, 0.25) is 0 Å². The Morgan fingerprint density at radius 3 is 2.32 bits per heavy atom. The minimum absolute atomic E-state index is 0.148. The van der Waals surface area contributed by atoms with E-state index in [1.165, 1.54) is 24.3 Å². The number of alkyl halides is 6. The number of halogens is 6. The van der Waals surface area contributed by atoms with Gasteiger partial charge in [-0.1, -0.05) is 12.1 Å². The third kappa shape index (κ3) is 3.01. The average molecular weight is 344 g/mol. The smallest absolute Gasteiger partial charge is 0.426 e. The van der Waals surface area contributed by atoms with E-state index in [2.05, 4.69) is 4.42 Å². The van der Waals surface area contributed by atoms with E-state index in [0.717, 1.165) is 0 Å². The molecule has 1 atom stereocenters. The third-order valence-corrected chi connectivity index (χ3v) is 3.61. The van der Waals surface area contributed by atoms with Crippen molar-refractivity contribution >= 4 is 22.7 Å². The van der Waals surface area contributed by atoms with Crippen molar-refractivity contribution in [1.82, 2.24) is 0 Å². The first-order chi connectivity index (χ1) is 10.0. The van der Waals surface area contributed by atoms with E-state index < -0.39 is 45.6 Å².